The van der Waals surface area contributed by atoms with Crippen LogP contribution in [0.5, 0.6) is 0 Å². The highest BCUT2D eigenvalue weighted by atomic mass is 32.2. The Labute approximate surface area is 132 Å². The highest BCUT2D eigenvalue weighted by Crippen LogP contribution is 2.19. The smallest absolute Gasteiger partial charge is 0.0700 e. The second kappa shape index (κ2) is 13.1. The number of rotatable bonds is 13. The van der Waals surface area contributed by atoms with Gasteiger partial charge in [-0.2, -0.15) is 0 Å². The van der Waals surface area contributed by atoms with Crippen LogP contribution in [0.15, 0.2) is 29.2 Å². The van der Waals surface area contributed by atoms with Crippen LogP contribution in [0.25, 0.3) is 0 Å². The molecular weight excluding hydrogens is 286 g/mol. The minimum absolute atomic E-state index is 0.672. The third-order valence-corrected chi connectivity index (χ3v) is 3.92. The molecule has 1 aromatic carbocycles. The summed E-state index contributed by atoms with van der Waals surface area (Å²) in [6, 6.07) is 8.67. The van der Waals surface area contributed by atoms with Gasteiger partial charge in [-0.3, -0.25) is 0 Å². The molecule has 4 nitrogen and oxygen atoms in total. The molecule has 5 heteroatoms. The molecule has 0 spiro atoms. The van der Waals surface area contributed by atoms with Gasteiger partial charge in [0.15, 0.2) is 0 Å². The van der Waals surface area contributed by atoms with E-state index in [1.807, 2.05) is 11.8 Å². The molecule has 120 valence electrons. The molecule has 0 aromatic heterocycles. The first-order valence-corrected chi connectivity index (χ1v) is 8.33. The fourth-order valence-corrected chi connectivity index (χ4v) is 2.65. The van der Waals surface area contributed by atoms with E-state index in [9.17, 15) is 0 Å². The molecule has 0 radical (unpaired) electrons. The lowest BCUT2D eigenvalue weighted by Crippen LogP contribution is -2.18. The lowest BCUT2D eigenvalue weighted by molar-refractivity contribution is 0.0713. The van der Waals surface area contributed by atoms with E-state index in [-0.39, 0.29) is 0 Å². The molecule has 0 aliphatic heterocycles. The summed E-state index contributed by atoms with van der Waals surface area (Å²) in [4.78, 5) is 1.32. The summed E-state index contributed by atoms with van der Waals surface area (Å²) in [5.74, 6) is 1.08. The molecule has 1 N–H and O–H groups in total. The Hall–Kier alpha value is -0.590. The van der Waals surface area contributed by atoms with E-state index >= 15 is 0 Å². The zero-order chi connectivity index (χ0) is 15.2. The highest BCUT2D eigenvalue weighted by molar-refractivity contribution is 7.99. The SMILES string of the molecule is COCCNCc1cccc(SCCCOCCOC)c1. The summed E-state index contributed by atoms with van der Waals surface area (Å²) < 4.78 is 15.4. The maximum absolute atomic E-state index is 5.45. The molecule has 0 aliphatic carbocycles. The average molecular weight is 313 g/mol. The first-order valence-electron chi connectivity index (χ1n) is 7.35. The lowest BCUT2D eigenvalue weighted by Gasteiger charge is -2.07. The number of nitrogens with one attached hydrogen (secondary N) is 1. The summed E-state index contributed by atoms with van der Waals surface area (Å²) in [7, 11) is 3.41. The monoisotopic (exact) mass is 313 g/mol. The van der Waals surface area contributed by atoms with E-state index < -0.39 is 0 Å². The molecule has 1 aromatic rings. The lowest BCUT2D eigenvalue weighted by atomic mass is 10.2. The van der Waals surface area contributed by atoms with Crippen LogP contribution >= 0.6 is 11.8 Å². The minimum atomic E-state index is 0.672. The van der Waals surface area contributed by atoms with Crippen LogP contribution in [-0.2, 0) is 20.8 Å². The minimum Gasteiger partial charge on any atom is -0.383 e. The Morgan fingerprint density at radius 1 is 1.05 bits per heavy atom. The van der Waals surface area contributed by atoms with Gasteiger partial charge in [-0.1, -0.05) is 12.1 Å². The van der Waals surface area contributed by atoms with Gasteiger partial charge in [0.1, 0.15) is 0 Å². The molecule has 0 saturated heterocycles. The van der Waals surface area contributed by atoms with Crippen LogP contribution in [0.2, 0.25) is 0 Å². The Balaban J connectivity index is 2.14. The van der Waals surface area contributed by atoms with Crippen LogP contribution in [0.1, 0.15) is 12.0 Å². The van der Waals surface area contributed by atoms with Crippen LogP contribution in [0.4, 0.5) is 0 Å². The molecule has 0 atom stereocenters. The molecule has 0 fully saturated rings. The Morgan fingerprint density at radius 3 is 2.71 bits per heavy atom. The molecule has 0 heterocycles. The maximum Gasteiger partial charge on any atom is 0.0700 e. The van der Waals surface area contributed by atoms with E-state index in [2.05, 4.69) is 29.6 Å². The summed E-state index contributed by atoms with van der Waals surface area (Å²) in [5.41, 5.74) is 1.31. The summed E-state index contributed by atoms with van der Waals surface area (Å²) in [6.45, 7) is 4.67. The molecule has 1 rings (SSSR count). The summed E-state index contributed by atoms with van der Waals surface area (Å²) in [5, 5.41) is 3.36. The zero-order valence-corrected chi connectivity index (χ0v) is 13.9. The molecule has 21 heavy (non-hydrogen) atoms. The summed E-state index contributed by atoms with van der Waals surface area (Å²) in [6.07, 6.45) is 1.06. The predicted octanol–water partition coefficient (Wildman–Crippen LogP) is 2.57. The number of ether oxygens (including phenoxy) is 3. The quantitative estimate of drug-likeness (QED) is 0.448. The normalized spacial score (nSPS) is 11.0. The van der Waals surface area contributed by atoms with Gasteiger partial charge >= 0.3 is 0 Å². The Morgan fingerprint density at radius 2 is 1.90 bits per heavy atom. The van der Waals surface area contributed by atoms with E-state index in [0.29, 0.717) is 13.2 Å². The highest BCUT2D eigenvalue weighted by Gasteiger charge is 1.98. The van der Waals surface area contributed by atoms with Gasteiger partial charge in [0.2, 0.25) is 0 Å². The van der Waals surface area contributed by atoms with Crippen LogP contribution in [0, 0.1) is 0 Å². The van der Waals surface area contributed by atoms with Crippen molar-refractivity contribution in [3.05, 3.63) is 29.8 Å². The average Bonchev–Trinajstić information content (AvgIpc) is 2.51. The first kappa shape index (κ1) is 18.5. The number of hydrogen-bond acceptors (Lipinski definition) is 5. The molecule has 0 saturated carbocycles. The van der Waals surface area contributed by atoms with Crippen molar-refractivity contribution < 1.29 is 14.2 Å². The van der Waals surface area contributed by atoms with Crippen molar-refractivity contribution in [3.63, 3.8) is 0 Å². The van der Waals surface area contributed by atoms with Crippen molar-refractivity contribution in [3.8, 4) is 0 Å². The van der Waals surface area contributed by atoms with E-state index in [1.165, 1.54) is 10.5 Å². The van der Waals surface area contributed by atoms with Gasteiger partial charge < -0.3 is 19.5 Å². The number of benzene rings is 1. The first-order chi connectivity index (χ1) is 10.4. The fraction of sp³-hybridized carbons (Fsp3) is 0.625. The van der Waals surface area contributed by atoms with Crippen molar-refractivity contribution >= 4 is 11.8 Å². The van der Waals surface area contributed by atoms with Gasteiger partial charge in [0.05, 0.1) is 19.8 Å². The molecule has 0 unspecified atom stereocenters. The zero-order valence-electron chi connectivity index (χ0n) is 13.1. The van der Waals surface area contributed by atoms with Crippen molar-refractivity contribution in [2.45, 2.75) is 17.9 Å². The molecule has 0 aliphatic rings. The van der Waals surface area contributed by atoms with Crippen LogP contribution < -0.4 is 5.32 Å². The van der Waals surface area contributed by atoms with Gasteiger partial charge in [0.25, 0.3) is 0 Å². The van der Waals surface area contributed by atoms with Gasteiger partial charge in [0, 0.05) is 44.6 Å². The second-order valence-corrected chi connectivity index (χ2v) is 5.79. The predicted molar refractivity (Wildman–Crippen MR) is 88.1 cm³/mol. The standard InChI is InChI=1S/C16H27NO3S/c1-18-9-7-17-14-15-5-3-6-16(13-15)21-12-4-8-20-11-10-19-2/h3,5-6,13,17H,4,7-12,14H2,1-2H3. The van der Waals surface area contributed by atoms with Crippen molar-refractivity contribution in [1.29, 1.82) is 0 Å². The number of hydrogen-bond donors (Lipinski definition) is 1. The maximum atomic E-state index is 5.45. The third kappa shape index (κ3) is 9.87. The van der Waals surface area contributed by atoms with Gasteiger partial charge in [-0.25, -0.2) is 0 Å². The van der Waals surface area contributed by atoms with Crippen molar-refractivity contribution in [1.82, 2.24) is 5.32 Å². The fourth-order valence-electron chi connectivity index (χ4n) is 1.75. The number of thioether (sulfide) groups is 1. The second-order valence-electron chi connectivity index (χ2n) is 4.62. The number of methoxy groups -OCH3 is 2. The van der Waals surface area contributed by atoms with Crippen molar-refractivity contribution in [2.75, 3.05) is 52.9 Å². The topological polar surface area (TPSA) is 39.7 Å². The van der Waals surface area contributed by atoms with E-state index in [0.717, 1.165) is 38.5 Å². The Kier molecular flexibility index (Phi) is 11.5. The molecular formula is C16H27NO3S. The largest absolute Gasteiger partial charge is 0.383 e. The third-order valence-electron chi connectivity index (χ3n) is 2.84. The van der Waals surface area contributed by atoms with Crippen LogP contribution in [0.3, 0.4) is 0 Å². The molecule has 0 bridgehead atoms. The van der Waals surface area contributed by atoms with Crippen LogP contribution in [-0.4, -0.2) is 52.9 Å². The summed E-state index contributed by atoms with van der Waals surface area (Å²) >= 11 is 1.88. The van der Waals surface area contributed by atoms with Gasteiger partial charge in [-0.05, 0) is 24.1 Å². The molecule has 0 amide bonds. The Bertz CT molecular complexity index is 363. The van der Waals surface area contributed by atoms with E-state index in [4.69, 9.17) is 14.2 Å². The van der Waals surface area contributed by atoms with Crippen molar-refractivity contribution in [2.24, 2.45) is 0 Å². The van der Waals surface area contributed by atoms with Gasteiger partial charge in [-0.15, -0.1) is 11.8 Å². The van der Waals surface area contributed by atoms with E-state index in [1.54, 1.807) is 14.2 Å².